The van der Waals surface area contributed by atoms with Gasteiger partial charge in [0.15, 0.2) is 12.3 Å². The number of aromatic nitrogens is 2. The Hall–Kier alpha value is -5.26. The molecule has 5 rings (SSSR count). The van der Waals surface area contributed by atoms with Gasteiger partial charge in [-0.25, -0.2) is 18.7 Å². The number of amides is 5. The molecule has 2 atom stereocenters. The van der Waals surface area contributed by atoms with Gasteiger partial charge in [-0.05, 0) is 70.6 Å². The first-order valence-corrected chi connectivity index (χ1v) is 18.0. The number of rotatable bonds is 15. The van der Waals surface area contributed by atoms with E-state index in [9.17, 15) is 33.2 Å². The summed E-state index contributed by atoms with van der Waals surface area (Å²) in [4.78, 5) is 91.9. The van der Waals surface area contributed by atoms with E-state index in [2.05, 4.69) is 20.6 Å². The predicted molar refractivity (Wildman–Crippen MR) is 183 cm³/mol. The molecule has 17 nitrogen and oxygen atoms in total. The summed E-state index contributed by atoms with van der Waals surface area (Å²) in [7, 11) is 0. The van der Waals surface area contributed by atoms with Crippen LogP contribution in [0.2, 0.25) is 0 Å². The van der Waals surface area contributed by atoms with E-state index in [4.69, 9.17) is 14.4 Å². The smallest absolute Gasteiger partial charge is 0.409 e. The summed E-state index contributed by atoms with van der Waals surface area (Å²) >= 11 is 0. The van der Waals surface area contributed by atoms with E-state index in [0.717, 1.165) is 30.0 Å². The topological polar surface area (TPSA) is 191 Å². The third-order valence-electron chi connectivity index (χ3n) is 9.26. The molecule has 2 saturated heterocycles. The molecule has 3 fully saturated rings. The fourth-order valence-electron chi connectivity index (χ4n) is 6.24. The SMILES string of the molecule is CCOOC(=O)CCC(NC(=O)c1cc(OCC(=O)N2CCC[C@H]2C(=O)NC2CCC2)n(-c2cccc(F)c2)n1)C(=O)N1CCN(C(=O)OCC)CC1. The lowest BCUT2D eigenvalue weighted by molar-refractivity contribution is -0.269. The van der Waals surface area contributed by atoms with Gasteiger partial charge in [-0.1, -0.05) is 6.07 Å². The number of halogens is 1. The van der Waals surface area contributed by atoms with E-state index < -0.39 is 54.3 Å². The predicted octanol–water partition coefficient (Wildman–Crippen LogP) is 1.72. The lowest BCUT2D eigenvalue weighted by Crippen LogP contribution is -2.56. The number of carbonyl (C=O) groups excluding carboxylic acids is 6. The average molecular weight is 744 g/mol. The number of benzene rings is 1. The van der Waals surface area contributed by atoms with Crippen LogP contribution in [0.3, 0.4) is 0 Å². The number of piperazine rings is 1. The van der Waals surface area contributed by atoms with Crippen LogP contribution in [-0.4, -0.2) is 131 Å². The summed E-state index contributed by atoms with van der Waals surface area (Å²) in [5.74, 6) is -3.35. The van der Waals surface area contributed by atoms with Gasteiger partial charge in [0.25, 0.3) is 11.8 Å². The molecular formula is C35H46FN7O10. The highest BCUT2D eigenvalue weighted by Crippen LogP contribution is 2.24. The summed E-state index contributed by atoms with van der Waals surface area (Å²) in [6.07, 6.45) is 3.15. The Morgan fingerprint density at radius 3 is 2.38 bits per heavy atom. The minimum absolute atomic E-state index is 0.0676. The van der Waals surface area contributed by atoms with Crippen molar-refractivity contribution in [3.8, 4) is 11.6 Å². The molecule has 1 aliphatic carbocycles. The van der Waals surface area contributed by atoms with Gasteiger partial charge >= 0.3 is 12.1 Å². The molecule has 1 saturated carbocycles. The Kier molecular flexibility index (Phi) is 13.6. The second-order valence-electron chi connectivity index (χ2n) is 12.9. The number of likely N-dealkylation sites (tertiary alicyclic amines) is 1. The molecule has 1 aromatic heterocycles. The van der Waals surface area contributed by atoms with Crippen molar-refractivity contribution >= 4 is 35.7 Å². The highest BCUT2D eigenvalue weighted by molar-refractivity contribution is 5.96. The van der Waals surface area contributed by atoms with Crippen LogP contribution in [-0.2, 0) is 33.7 Å². The van der Waals surface area contributed by atoms with Crippen molar-refractivity contribution in [2.75, 3.05) is 52.5 Å². The van der Waals surface area contributed by atoms with Gasteiger partial charge in [0.2, 0.25) is 17.7 Å². The van der Waals surface area contributed by atoms with Crippen LogP contribution in [0.15, 0.2) is 30.3 Å². The highest BCUT2D eigenvalue weighted by Gasteiger charge is 2.36. The van der Waals surface area contributed by atoms with Gasteiger partial charge in [-0.2, -0.15) is 9.99 Å². The zero-order valence-electron chi connectivity index (χ0n) is 29.9. The maximum absolute atomic E-state index is 14.3. The minimum atomic E-state index is -1.21. The van der Waals surface area contributed by atoms with Crippen LogP contribution in [0.5, 0.6) is 5.88 Å². The number of ether oxygens (including phenoxy) is 2. The lowest BCUT2D eigenvalue weighted by Gasteiger charge is -2.35. The number of hydrogen-bond acceptors (Lipinski definition) is 11. The van der Waals surface area contributed by atoms with Crippen molar-refractivity contribution in [2.45, 2.75) is 76.9 Å². The van der Waals surface area contributed by atoms with Crippen LogP contribution in [0, 0.1) is 5.82 Å². The molecule has 2 aromatic rings. The third kappa shape index (κ3) is 10.2. The van der Waals surface area contributed by atoms with E-state index in [1.54, 1.807) is 13.8 Å². The summed E-state index contributed by atoms with van der Waals surface area (Å²) in [5, 5.41) is 9.97. The minimum Gasteiger partial charge on any atom is -0.467 e. The first-order chi connectivity index (χ1) is 25.6. The maximum Gasteiger partial charge on any atom is 0.409 e. The van der Waals surface area contributed by atoms with Gasteiger partial charge in [0, 0.05) is 44.8 Å². The molecule has 0 spiro atoms. The highest BCUT2D eigenvalue weighted by atomic mass is 19.1. The Morgan fingerprint density at radius 1 is 0.943 bits per heavy atom. The first kappa shape index (κ1) is 39.0. The molecule has 5 amide bonds. The Balaban J connectivity index is 1.31. The quantitative estimate of drug-likeness (QED) is 0.200. The molecule has 18 heteroatoms. The normalized spacial score (nSPS) is 17.8. The first-order valence-electron chi connectivity index (χ1n) is 18.0. The zero-order chi connectivity index (χ0) is 37.9. The van der Waals surface area contributed by atoms with E-state index in [1.165, 1.54) is 39.0 Å². The molecule has 53 heavy (non-hydrogen) atoms. The van der Waals surface area contributed by atoms with Crippen molar-refractivity contribution in [2.24, 2.45) is 0 Å². The van der Waals surface area contributed by atoms with Crippen molar-refractivity contribution in [1.29, 1.82) is 0 Å². The van der Waals surface area contributed by atoms with Gasteiger partial charge in [-0.3, -0.25) is 24.1 Å². The number of carbonyl (C=O) groups is 6. The van der Waals surface area contributed by atoms with E-state index >= 15 is 0 Å². The number of nitrogens with zero attached hydrogens (tertiary/aromatic N) is 5. The van der Waals surface area contributed by atoms with Gasteiger partial charge in [-0.15, -0.1) is 0 Å². The van der Waals surface area contributed by atoms with E-state index in [1.807, 2.05) is 0 Å². The molecule has 1 aromatic carbocycles. The van der Waals surface area contributed by atoms with Gasteiger partial charge in [0.05, 0.1) is 25.3 Å². The van der Waals surface area contributed by atoms with Gasteiger partial charge in [0.1, 0.15) is 17.9 Å². The monoisotopic (exact) mass is 743 g/mol. The molecule has 3 heterocycles. The van der Waals surface area contributed by atoms with Crippen LogP contribution >= 0.6 is 0 Å². The Bertz CT molecular complexity index is 1640. The molecule has 2 aliphatic heterocycles. The number of nitrogens with one attached hydrogen (secondary N) is 2. The van der Waals surface area contributed by atoms with Gasteiger partial charge < -0.3 is 34.8 Å². The van der Waals surface area contributed by atoms with Crippen molar-refractivity contribution in [3.63, 3.8) is 0 Å². The fourth-order valence-corrected chi connectivity index (χ4v) is 6.24. The average Bonchev–Trinajstić information content (AvgIpc) is 3.81. The summed E-state index contributed by atoms with van der Waals surface area (Å²) in [5.41, 5.74) is -0.0337. The molecular weight excluding hydrogens is 697 g/mol. The summed E-state index contributed by atoms with van der Waals surface area (Å²) < 4.78 is 26.4. The molecule has 288 valence electrons. The van der Waals surface area contributed by atoms with Crippen LogP contribution in [0.25, 0.3) is 5.69 Å². The van der Waals surface area contributed by atoms with Crippen molar-refractivity contribution < 1.29 is 52.4 Å². The molecule has 2 N–H and O–H groups in total. The Labute approximate surface area is 305 Å². The van der Waals surface area contributed by atoms with E-state index in [0.29, 0.717) is 19.4 Å². The van der Waals surface area contributed by atoms with Crippen molar-refractivity contribution in [3.05, 3.63) is 41.8 Å². The van der Waals surface area contributed by atoms with Crippen LogP contribution in [0.1, 0.15) is 69.3 Å². The molecule has 0 radical (unpaired) electrons. The van der Waals surface area contributed by atoms with Crippen LogP contribution < -0.4 is 15.4 Å². The zero-order valence-corrected chi connectivity index (χ0v) is 29.9. The van der Waals surface area contributed by atoms with Crippen molar-refractivity contribution in [1.82, 2.24) is 35.1 Å². The third-order valence-corrected chi connectivity index (χ3v) is 9.26. The lowest BCUT2D eigenvalue weighted by atomic mass is 9.93. The molecule has 3 aliphatic rings. The van der Waals surface area contributed by atoms with E-state index in [-0.39, 0.29) is 81.4 Å². The standard InChI is InChI=1S/C35H46FN7O10/c1-3-50-35(49)41-18-16-40(17-19-41)34(48)26(13-14-31(45)53-52-4-2)38-32(46)27-21-30(43(39-27)25-11-5-8-23(36)20-25)51-22-29(44)42-15-7-12-28(42)33(47)37-24-9-6-10-24/h5,8,11,20-21,24,26,28H,3-4,6-7,9-10,12-19,22H2,1-2H3,(H,37,47)(H,38,46)/t26?,28-/m0/s1. The fraction of sp³-hybridized carbons (Fsp3) is 0.571. The Morgan fingerprint density at radius 2 is 1.70 bits per heavy atom. The summed E-state index contributed by atoms with van der Waals surface area (Å²) in [6.45, 7) is 4.28. The second kappa shape index (κ2) is 18.5. The molecule has 1 unspecified atom stereocenters. The van der Waals surface area contributed by atoms with Crippen LogP contribution in [0.4, 0.5) is 9.18 Å². The summed E-state index contributed by atoms with van der Waals surface area (Å²) in [6, 6.07) is 4.91. The molecule has 0 bridgehead atoms. The maximum atomic E-state index is 14.3. The number of hydrogen-bond donors (Lipinski definition) is 2. The largest absolute Gasteiger partial charge is 0.467 e. The second-order valence-corrected chi connectivity index (χ2v) is 12.9.